The van der Waals surface area contributed by atoms with E-state index in [1.165, 1.54) is 25.7 Å². The SMILES string of the molecule is CCCCCCNC(=NC)NCCCOCC1CCOC1.I. The van der Waals surface area contributed by atoms with Gasteiger partial charge in [0.15, 0.2) is 5.96 Å². The van der Waals surface area contributed by atoms with E-state index in [1.54, 1.807) is 0 Å². The molecule has 6 heteroatoms. The molecule has 1 atom stereocenters. The van der Waals surface area contributed by atoms with Crippen LogP contribution in [0.15, 0.2) is 4.99 Å². The molecule has 5 nitrogen and oxygen atoms in total. The fourth-order valence-electron chi connectivity index (χ4n) is 2.32. The highest BCUT2D eigenvalue weighted by Crippen LogP contribution is 2.12. The van der Waals surface area contributed by atoms with Crippen molar-refractivity contribution in [1.82, 2.24) is 10.6 Å². The van der Waals surface area contributed by atoms with Crippen molar-refractivity contribution in [3.05, 3.63) is 0 Å². The Labute approximate surface area is 153 Å². The number of halogens is 1. The second-order valence-electron chi connectivity index (χ2n) is 5.64. The van der Waals surface area contributed by atoms with Crippen molar-refractivity contribution in [2.75, 3.05) is 46.6 Å². The Hall–Kier alpha value is -0.0800. The summed E-state index contributed by atoms with van der Waals surface area (Å²) in [4.78, 5) is 4.22. The van der Waals surface area contributed by atoms with Crippen molar-refractivity contribution in [1.29, 1.82) is 0 Å². The second kappa shape index (κ2) is 15.8. The van der Waals surface area contributed by atoms with Gasteiger partial charge in [0, 0.05) is 39.3 Å². The maximum atomic E-state index is 5.68. The summed E-state index contributed by atoms with van der Waals surface area (Å²) >= 11 is 0. The Morgan fingerprint density at radius 3 is 2.59 bits per heavy atom. The van der Waals surface area contributed by atoms with Crippen molar-refractivity contribution in [3.8, 4) is 0 Å². The van der Waals surface area contributed by atoms with Crippen molar-refractivity contribution in [2.24, 2.45) is 10.9 Å². The molecule has 1 aliphatic rings. The molecule has 0 aromatic rings. The first-order valence-electron chi connectivity index (χ1n) is 8.46. The van der Waals surface area contributed by atoms with Crippen molar-refractivity contribution >= 4 is 29.9 Å². The number of hydrogen-bond donors (Lipinski definition) is 2. The topological polar surface area (TPSA) is 54.9 Å². The van der Waals surface area contributed by atoms with Crippen LogP contribution in [0.2, 0.25) is 0 Å². The molecule has 0 aliphatic carbocycles. The van der Waals surface area contributed by atoms with Crippen LogP contribution in [0.5, 0.6) is 0 Å². The van der Waals surface area contributed by atoms with Crippen LogP contribution in [0.25, 0.3) is 0 Å². The Morgan fingerprint density at radius 2 is 1.95 bits per heavy atom. The minimum absolute atomic E-state index is 0. The van der Waals surface area contributed by atoms with E-state index < -0.39 is 0 Å². The van der Waals surface area contributed by atoms with Gasteiger partial charge in [-0.15, -0.1) is 24.0 Å². The van der Waals surface area contributed by atoms with Gasteiger partial charge in [0.1, 0.15) is 0 Å². The van der Waals surface area contributed by atoms with E-state index in [1.807, 2.05) is 7.05 Å². The molecular formula is C16H34IN3O2. The summed E-state index contributed by atoms with van der Waals surface area (Å²) in [6.07, 6.45) is 7.24. The van der Waals surface area contributed by atoms with Crippen LogP contribution in [-0.4, -0.2) is 52.5 Å². The summed E-state index contributed by atoms with van der Waals surface area (Å²) in [5, 5.41) is 6.67. The molecule has 0 amide bonds. The lowest BCUT2D eigenvalue weighted by atomic mass is 10.1. The summed E-state index contributed by atoms with van der Waals surface area (Å²) in [5.74, 6) is 1.51. The molecule has 1 rings (SSSR count). The zero-order valence-corrected chi connectivity index (χ0v) is 16.6. The molecule has 0 radical (unpaired) electrons. The second-order valence-corrected chi connectivity index (χ2v) is 5.64. The van der Waals surface area contributed by atoms with Gasteiger partial charge >= 0.3 is 0 Å². The third-order valence-electron chi connectivity index (χ3n) is 3.68. The number of unbranched alkanes of at least 4 members (excludes halogenated alkanes) is 3. The summed E-state index contributed by atoms with van der Waals surface area (Å²) in [6.45, 7) is 7.54. The molecule has 1 heterocycles. The first-order chi connectivity index (χ1) is 10.4. The number of hydrogen-bond acceptors (Lipinski definition) is 3. The number of nitrogens with zero attached hydrogens (tertiary/aromatic N) is 1. The number of nitrogens with one attached hydrogen (secondary N) is 2. The predicted molar refractivity (Wildman–Crippen MR) is 103 cm³/mol. The Bertz CT molecular complexity index is 272. The molecule has 0 spiro atoms. The van der Waals surface area contributed by atoms with Crippen LogP contribution in [0, 0.1) is 5.92 Å². The molecule has 22 heavy (non-hydrogen) atoms. The maximum absolute atomic E-state index is 5.68. The van der Waals surface area contributed by atoms with Crippen molar-refractivity contribution < 1.29 is 9.47 Å². The number of guanidine groups is 1. The third kappa shape index (κ3) is 11.5. The molecule has 1 aliphatic heterocycles. The number of ether oxygens (including phenoxy) is 2. The minimum Gasteiger partial charge on any atom is -0.381 e. The van der Waals surface area contributed by atoms with Gasteiger partial charge in [-0.05, 0) is 19.3 Å². The summed E-state index contributed by atoms with van der Waals surface area (Å²) in [5.41, 5.74) is 0. The molecular weight excluding hydrogens is 393 g/mol. The summed E-state index contributed by atoms with van der Waals surface area (Å²) in [6, 6.07) is 0. The van der Waals surface area contributed by atoms with Crippen LogP contribution in [0.4, 0.5) is 0 Å². The van der Waals surface area contributed by atoms with E-state index in [0.717, 1.165) is 58.3 Å². The first-order valence-corrected chi connectivity index (χ1v) is 8.46. The fraction of sp³-hybridized carbons (Fsp3) is 0.938. The molecule has 1 saturated heterocycles. The van der Waals surface area contributed by atoms with Crippen LogP contribution in [0.3, 0.4) is 0 Å². The van der Waals surface area contributed by atoms with E-state index in [-0.39, 0.29) is 24.0 Å². The van der Waals surface area contributed by atoms with E-state index in [9.17, 15) is 0 Å². The maximum Gasteiger partial charge on any atom is 0.190 e. The zero-order valence-electron chi connectivity index (χ0n) is 14.2. The monoisotopic (exact) mass is 427 g/mol. The van der Waals surface area contributed by atoms with E-state index in [2.05, 4.69) is 22.5 Å². The highest BCUT2D eigenvalue weighted by molar-refractivity contribution is 14.0. The number of rotatable bonds is 11. The van der Waals surface area contributed by atoms with Gasteiger partial charge < -0.3 is 20.1 Å². The molecule has 1 fully saturated rings. The normalized spacial score (nSPS) is 18.1. The fourth-order valence-corrected chi connectivity index (χ4v) is 2.32. The summed E-state index contributed by atoms with van der Waals surface area (Å²) in [7, 11) is 1.82. The van der Waals surface area contributed by atoms with Crippen LogP contribution < -0.4 is 10.6 Å². The number of aliphatic imine (C=N–C) groups is 1. The van der Waals surface area contributed by atoms with Crippen LogP contribution in [-0.2, 0) is 9.47 Å². The standard InChI is InChI=1S/C16H33N3O2.HI/c1-3-4-5-6-9-18-16(17-2)19-10-7-11-20-13-15-8-12-21-14-15;/h15H,3-14H2,1-2H3,(H2,17,18,19);1H. The molecule has 1 unspecified atom stereocenters. The predicted octanol–water partition coefficient (Wildman–Crippen LogP) is 2.79. The molecule has 132 valence electrons. The van der Waals surface area contributed by atoms with Gasteiger partial charge in [0.2, 0.25) is 0 Å². The van der Waals surface area contributed by atoms with Crippen molar-refractivity contribution in [2.45, 2.75) is 45.4 Å². The van der Waals surface area contributed by atoms with E-state index >= 15 is 0 Å². The van der Waals surface area contributed by atoms with Gasteiger partial charge in [0.05, 0.1) is 13.2 Å². The zero-order chi connectivity index (χ0) is 15.2. The molecule has 0 saturated carbocycles. The lowest BCUT2D eigenvalue weighted by Gasteiger charge is -2.12. The average Bonchev–Trinajstić information content (AvgIpc) is 3.01. The highest BCUT2D eigenvalue weighted by atomic mass is 127. The third-order valence-corrected chi connectivity index (χ3v) is 3.68. The lowest BCUT2D eigenvalue weighted by Crippen LogP contribution is -2.38. The van der Waals surface area contributed by atoms with Crippen molar-refractivity contribution in [3.63, 3.8) is 0 Å². The van der Waals surface area contributed by atoms with Gasteiger partial charge in [-0.3, -0.25) is 4.99 Å². The Balaban J connectivity index is 0.00000441. The molecule has 2 N–H and O–H groups in total. The highest BCUT2D eigenvalue weighted by Gasteiger charge is 2.15. The molecule has 0 aromatic carbocycles. The van der Waals surface area contributed by atoms with E-state index in [0.29, 0.717) is 5.92 Å². The van der Waals surface area contributed by atoms with Gasteiger partial charge in [-0.25, -0.2) is 0 Å². The molecule has 0 aromatic heterocycles. The largest absolute Gasteiger partial charge is 0.381 e. The first kappa shape index (κ1) is 21.9. The van der Waals surface area contributed by atoms with Gasteiger partial charge in [0.25, 0.3) is 0 Å². The smallest absolute Gasteiger partial charge is 0.190 e. The lowest BCUT2D eigenvalue weighted by molar-refractivity contribution is 0.0888. The van der Waals surface area contributed by atoms with Crippen LogP contribution >= 0.6 is 24.0 Å². The van der Waals surface area contributed by atoms with Gasteiger partial charge in [-0.2, -0.15) is 0 Å². The summed E-state index contributed by atoms with van der Waals surface area (Å²) < 4.78 is 11.0. The quantitative estimate of drug-likeness (QED) is 0.231. The van der Waals surface area contributed by atoms with Crippen LogP contribution in [0.1, 0.15) is 45.4 Å². The van der Waals surface area contributed by atoms with Gasteiger partial charge in [-0.1, -0.05) is 26.2 Å². The Morgan fingerprint density at radius 1 is 1.18 bits per heavy atom. The molecule has 0 bridgehead atoms. The Kier molecular flexibility index (Phi) is 15.7. The van der Waals surface area contributed by atoms with E-state index in [4.69, 9.17) is 9.47 Å². The minimum atomic E-state index is 0. The average molecular weight is 427 g/mol.